The van der Waals surface area contributed by atoms with Crippen LogP contribution >= 0.6 is 0 Å². The van der Waals surface area contributed by atoms with E-state index in [9.17, 15) is 9.59 Å². The quantitative estimate of drug-likeness (QED) is 0.796. The van der Waals surface area contributed by atoms with Crippen LogP contribution < -0.4 is 0 Å². The summed E-state index contributed by atoms with van der Waals surface area (Å²) in [5.41, 5.74) is 0.227. The van der Waals surface area contributed by atoms with Crippen LogP contribution in [0.5, 0.6) is 0 Å². The molecule has 1 saturated carbocycles. The van der Waals surface area contributed by atoms with Crippen molar-refractivity contribution in [2.45, 2.75) is 33.6 Å². The van der Waals surface area contributed by atoms with Crippen LogP contribution in [0.3, 0.4) is 0 Å². The molecule has 0 aromatic carbocycles. The number of carbonyl (C=O) groups is 2. The third-order valence-electron chi connectivity index (χ3n) is 4.15. The van der Waals surface area contributed by atoms with Gasteiger partial charge in [-0.25, -0.2) is 0 Å². The molecule has 17 heavy (non-hydrogen) atoms. The van der Waals surface area contributed by atoms with Gasteiger partial charge in [-0.1, -0.05) is 20.8 Å². The molecule has 4 nitrogen and oxygen atoms in total. The number of carboxylic acids is 1. The zero-order valence-electron chi connectivity index (χ0n) is 10.8. The van der Waals surface area contributed by atoms with Gasteiger partial charge in [0.2, 0.25) is 5.91 Å². The summed E-state index contributed by atoms with van der Waals surface area (Å²) >= 11 is 0. The Morgan fingerprint density at radius 3 is 2.29 bits per heavy atom. The molecule has 3 atom stereocenters. The number of carbonyl (C=O) groups excluding carboxylic acids is 1. The van der Waals surface area contributed by atoms with Crippen LogP contribution in [-0.4, -0.2) is 35.0 Å². The molecule has 0 bridgehead atoms. The highest BCUT2D eigenvalue weighted by molar-refractivity contribution is 5.89. The first-order valence-electron chi connectivity index (χ1n) is 6.32. The van der Waals surface area contributed by atoms with Gasteiger partial charge in [-0.15, -0.1) is 0 Å². The SMILES string of the molecule is CC(C)(C)C1CCN(C(=O)[C@@H]2C[C@@H]2C(=O)O)C1. The predicted molar refractivity (Wildman–Crippen MR) is 63.4 cm³/mol. The molecular weight excluding hydrogens is 218 g/mol. The molecular formula is C13H21NO3. The van der Waals surface area contributed by atoms with Crippen LogP contribution in [0.25, 0.3) is 0 Å². The van der Waals surface area contributed by atoms with Gasteiger partial charge in [0.1, 0.15) is 0 Å². The monoisotopic (exact) mass is 239 g/mol. The Morgan fingerprint density at radius 1 is 1.24 bits per heavy atom. The van der Waals surface area contributed by atoms with E-state index in [2.05, 4.69) is 20.8 Å². The van der Waals surface area contributed by atoms with Crippen molar-refractivity contribution >= 4 is 11.9 Å². The van der Waals surface area contributed by atoms with Gasteiger partial charge in [0.05, 0.1) is 11.8 Å². The summed E-state index contributed by atoms with van der Waals surface area (Å²) in [5, 5.41) is 8.83. The van der Waals surface area contributed by atoms with Crippen molar-refractivity contribution in [3.63, 3.8) is 0 Å². The highest BCUT2D eigenvalue weighted by atomic mass is 16.4. The van der Waals surface area contributed by atoms with Crippen molar-refractivity contribution in [3.05, 3.63) is 0 Å². The fourth-order valence-electron chi connectivity index (χ4n) is 2.64. The topological polar surface area (TPSA) is 57.6 Å². The molecule has 1 amide bonds. The molecule has 1 heterocycles. The van der Waals surface area contributed by atoms with E-state index >= 15 is 0 Å². The van der Waals surface area contributed by atoms with Crippen LogP contribution in [0.1, 0.15) is 33.6 Å². The minimum absolute atomic E-state index is 0.0594. The summed E-state index contributed by atoms with van der Waals surface area (Å²) in [6, 6.07) is 0. The fourth-order valence-corrected chi connectivity index (χ4v) is 2.64. The average Bonchev–Trinajstić information content (AvgIpc) is 2.84. The molecule has 1 unspecified atom stereocenters. The van der Waals surface area contributed by atoms with E-state index in [1.54, 1.807) is 0 Å². The van der Waals surface area contributed by atoms with Crippen molar-refractivity contribution in [1.29, 1.82) is 0 Å². The summed E-state index contributed by atoms with van der Waals surface area (Å²) in [4.78, 5) is 24.7. The van der Waals surface area contributed by atoms with Crippen molar-refractivity contribution in [3.8, 4) is 0 Å². The minimum atomic E-state index is -0.824. The predicted octanol–water partition coefficient (Wildman–Crippen LogP) is 1.60. The first-order chi connectivity index (χ1) is 7.80. The van der Waals surface area contributed by atoms with E-state index in [0.29, 0.717) is 12.3 Å². The second kappa shape index (κ2) is 4.00. The maximum atomic E-state index is 12.1. The van der Waals surface area contributed by atoms with Gasteiger partial charge >= 0.3 is 5.97 Å². The number of nitrogens with zero attached hydrogens (tertiary/aromatic N) is 1. The van der Waals surface area contributed by atoms with Gasteiger partial charge in [0, 0.05) is 13.1 Å². The molecule has 0 aromatic rings. The Labute approximate surface area is 102 Å². The molecule has 2 rings (SSSR count). The van der Waals surface area contributed by atoms with Crippen molar-refractivity contribution in [2.75, 3.05) is 13.1 Å². The minimum Gasteiger partial charge on any atom is -0.481 e. The molecule has 1 saturated heterocycles. The van der Waals surface area contributed by atoms with Crippen LogP contribution in [0.4, 0.5) is 0 Å². The van der Waals surface area contributed by atoms with Crippen LogP contribution in [0.2, 0.25) is 0 Å². The second-order valence-electron chi connectivity index (χ2n) is 6.42. The molecule has 96 valence electrons. The third kappa shape index (κ3) is 2.45. The number of rotatable bonds is 2. The Morgan fingerprint density at radius 2 is 1.88 bits per heavy atom. The average molecular weight is 239 g/mol. The lowest BCUT2D eigenvalue weighted by atomic mass is 9.80. The third-order valence-corrected chi connectivity index (χ3v) is 4.15. The molecule has 2 fully saturated rings. The molecule has 0 spiro atoms. The molecule has 1 aliphatic heterocycles. The molecule has 2 aliphatic rings. The lowest BCUT2D eigenvalue weighted by Crippen LogP contribution is -2.33. The first kappa shape index (κ1) is 12.4. The van der Waals surface area contributed by atoms with Crippen LogP contribution in [-0.2, 0) is 9.59 Å². The highest BCUT2D eigenvalue weighted by Crippen LogP contribution is 2.42. The fraction of sp³-hybridized carbons (Fsp3) is 0.846. The Kier molecular flexibility index (Phi) is 2.92. The molecule has 0 radical (unpaired) electrons. The molecule has 0 aromatic heterocycles. The van der Waals surface area contributed by atoms with Gasteiger partial charge in [-0.2, -0.15) is 0 Å². The van der Waals surface area contributed by atoms with Gasteiger partial charge in [-0.3, -0.25) is 9.59 Å². The van der Waals surface area contributed by atoms with Crippen molar-refractivity contribution in [2.24, 2.45) is 23.2 Å². The number of amides is 1. The van der Waals surface area contributed by atoms with E-state index in [0.717, 1.165) is 19.5 Å². The Balaban J connectivity index is 1.90. The number of aliphatic carboxylic acids is 1. The number of likely N-dealkylation sites (tertiary alicyclic amines) is 1. The maximum absolute atomic E-state index is 12.1. The van der Waals surface area contributed by atoms with E-state index in [1.807, 2.05) is 4.90 Å². The molecule has 4 heteroatoms. The zero-order chi connectivity index (χ0) is 12.8. The molecule has 1 N–H and O–H groups in total. The lowest BCUT2D eigenvalue weighted by Gasteiger charge is -2.27. The summed E-state index contributed by atoms with van der Waals surface area (Å²) in [6.07, 6.45) is 1.57. The van der Waals surface area contributed by atoms with Crippen molar-refractivity contribution in [1.82, 2.24) is 4.90 Å². The van der Waals surface area contributed by atoms with E-state index in [4.69, 9.17) is 5.11 Å². The summed E-state index contributed by atoms with van der Waals surface area (Å²) in [6.45, 7) is 8.18. The molecule has 1 aliphatic carbocycles. The van der Waals surface area contributed by atoms with Crippen LogP contribution in [0, 0.1) is 23.2 Å². The summed E-state index contributed by atoms with van der Waals surface area (Å²) in [7, 11) is 0. The number of hydrogen-bond donors (Lipinski definition) is 1. The Hall–Kier alpha value is -1.06. The van der Waals surface area contributed by atoms with Crippen LogP contribution in [0.15, 0.2) is 0 Å². The highest BCUT2D eigenvalue weighted by Gasteiger charge is 2.50. The van der Waals surface area contributed by atoms with Crippen molar-refractivity contribution < 1.29 is 14.7 Å². The van der Waals surface area contributed by atoms with E-state index in [1.165, 1.54) is 0 Å². The number of carboxylic acid groups (broad SMARTS) is 1. The first-order valence-corrected chi connectivity index (χ1v) is 6.32. The largest absolute Gasteiger partial charge is 0.481 e. The van der Waals surface area contributed by atoms with E-state index in [-0.39, 0.29) is 17.2 Å². The van der Waals surface area contributed by atoms with Gasteiger partial charge < -0.3 is 10.0 Å². The van der Waals surface area contributed by atoms with Gasteiger partial charge in [-0.05, 0) is 24.2 Å². The lowest BCUT2D eigenvalue weighted by molar-refractivity contribution is -0.141. The maximum Gasteiger partial charge on any atom is 0.307 e. The van der Waals surface area contributed by atoms with Gasteiger partial charge in [0.25, 0.3) is 0 Å². The standard InChI is InChI=1S/C13H21NO3/c1-13(2,3)8-4-5-14(7-8)11(15)9-6-10(9)12(16)17/h8-10H,4-7H2,1-3H3,(H,16,17)/t8?,9-,10+/m1/s1. The summed E-state index contributed by atoms with van der Waals surface area (Å²) < 4.78 is 0. The Bertz CT molecular complexity index is 345. The second-order valence-corrected chi connectivity index (χ2v) is 6.42. The normalized spacial score (nSPS) is 32.6. The van der Waals surface area contributed by atoms with Gasteiger partial charge in [0.15, 0.2) is 0 Å². The van der Waals surface area contributed by atoms with E-state index < -0.39 is 11.9 Å². The summed E-state index contributed by atoms with van der Waals surface area (Å²) in [5.74, 6) is -0.894. The zero-order valence-corrected chi connectivity index (χ0v) is 10.8. The number of hydrogen-bond acceptors (Lipinski definition) is 2. The smallest absolute Gasteiger partial charge is 0.307 e.